The van der Waals surface area contributed by atoms with Crippen molar-refractivity contribution >= 4 is 0 Å². The summed E-state index contributed by atoms with van der Waals surface area (Å²) in [4.78, 5) is 5.06. The Morgan fingerprint density at radius 1 is 1.12 bits per heavy atom. The minimum atomic E-state index is -1.62. The highest BCUT2D eigenvalue weighted by atomic mass is 19.1. The van der Waals surface area contributed by atoms with E-state index in [9.17, 15) is 9.50 Å². The van der Waals surface area contributed by atoms with Crippen molar-refractivity contribution in [3.05, 3.63) is 56.5 Å². The molecule has 17 heavy (non-hydrogen) atoms. The van der Waals surface area contributed by atoms with Gasteiger partial charge in [-0.3, -0.25) is 0 Å². The predicted molar refractivity (Wildman–Crippen MR) is 58.3 cm³/mol. The van der Waals surface area contributed by atoms with Gasteiger partial charge in [0.2, 0.25) is 0 Å². The molecule has 0 heterocycles. The number of nitrogens with zero attached hydrogens (tertiary/aromatic N) is 6. The van der Waals surface area contributed by atoms with Crippen LogP contribution in [0.3, 0.4) is 0 Å². The zero-order valence-electron chi connectivity index (χ0n) is 8.73. The summed E-state index contributed by atoms with van der Waals surface area (Å²) < 4.78 is 12.7. The molecule has 0 saturated heterocycles. The van der Waals surface area contributed by atoms with Crippen LogP contribution in [-0.4, -0.2) is 18.2 Å². The molecule has 1 aromatic carbocycles. The molecule has 1 aromatic rings. The van der Waals surface area contributed by atoms with Crippen molar-refractivity contribution in [2.45, 2.75) is 5.60 Å². The van der Waals surface area contributed by atoms with Gasteiger partial charge in [0.15, 0.2) is 0 Å². The first-order valence-electron chi connectivity index (χ1n) is 4.62. The van der Waals surface area contributed by atoms with E-state index in [0.29, 0.717) is 5.56 Å². The first-order chi connectivity index (χ1) is 8.12. The standard InChI is InChI=1S/C9H9FN6O/c10-8-3-1-7(2-4-8)9(17,5-13-15-11)6-14-16-12/h1-4,17H,5-6H2. The van der Waals surface area contributed by atoms with Crippen LogP contribution in [0.2, 0.25) is 0 Å². The molecule has 8 heteroatoms. The van der Waals surface area contributed by atoms with E-state index >= 15 is 0 Å². The van der Waals surface area contributed by atoms with Crippen molar-refractivity contribution in [3.63, 3.8) is 0 Å². The first kappa shape index (κ1) is 12.8. The number of hydrogen-bond donors (Lipinski definition) is 1. The molecule has 0 fully saturated rings. The molecule has 0 radical (unpaired) electrons. The summed E-state index contributed by atoms with van der Waals surface area (Å²) in [6, 6.07) is 5.00. The Kier molecular flexibility index (Phi) is 4.30. The highest BCUT2D eigenvalue weighted by Crippen LogP contribution is 2.22. The third kappa shape index (κ3) is 3.35. The van der Waals surface area contributed by atoms with Crippen LogP contribution in [0, 0.1) is 5.82 Å². The van der Waals surface area contributed by atoms with Crippen LogP contribution in [0.25, 0.3) is 20.9 Å². The van der Waals surface area contributed by atoms with E-state index in [1.165, 1.54) is 12.1 Å². The van der Waals surface area contributed by atoms with E-state index in [-0.39, 0.29) is 13.1 Å². The molecule has 0 aliphatic rings. The minimum Gasteiger partial charge on any atom is -0.385 e. The molecule has 88 valence electrons. The first-order valence-corrected chi connectivity index (χ1v) is 4.62. The molecule has 0 aliphatic heterocycles. The van der Waals surface area contributed by atoms with Crippen LogP contribution in [0.15, 0.2) is 34.5 Å². The van der Waals surface area contributed by atoms with E-state index in [0.717, 1.165) is 12.1 Å². The number of azide groups is 2. The number of rotatable bonds is 5. The molecule has 1 N–H and O–H groups in total. The van der Waals surface area contributed by atoms with Crippen molar-refractivity contribution in [1.29, 1.82) is 0 Å². The fourth-order valence-corrected chi connectivity index (χ4v) is 1.29. The Balaban J connectivity index is 3.07. The van der Waals surface area contributed by atoms with Crippen molar-refractivity contribution in [2.24, 2.45) is 10.2 Å². The van der Waals surface area contributed by atoms with Gasteiger partial charge in [0.05, 0.1) is 13.1 Å². The third-order valence-electron chi connectivity index (χ3n) is 2.17. The van der Waals surface area contributed by atoms with Crippen molar-refractivity contribution in [1.82, 2.24) is 0 Å². The van der Waals surface area contributed by atoms with Crippen LogP contribution in [0.5, 0.6) is 0 Å². The summed E-state index contributed by atoms with van der Waals surface area (Å²) in [5.74, 6) is -0.455. The summed E-state index contributed by atoms with van der Waals surface area (Å²) in [5.41, 5.74) is 15.2. The Labute approximate surface area is 95.8 Å². The smallest absolute Gasteiger partial charge is 0.123 e. The largest absolute Gasteiger partial charge is 0.385 e. The lowest BCUT2D eigenvalue weighted by atomic mass is 9.94. The maximum atomic E-state index is 12.7. The lowest BCUT2D eigenvalue weighted by Crippen LogP contribution is -2.32. The third-order valence-corrected chi connectivity index (χ3v) is 2.17. The average Bonchev–Trinajstić information content (AvgIpc) is 2.34. The van der Waals surface area contributed by atoms with E-state index in [1.807, 2.05) is 0 Å². The summed E-state index contributed by atoms with van der Waals surface area (Å²) in [6.45, 7) is -0.595. The van der Waals surface area contributed by atoms with Gasteiger partial charge in [-0.1, -0.05) is 22.4 Å². The zero-order valence-corrected chi connectivity index (χ0v) is 8.73. The second kappa shape index (κ2) is 5.72. The highest BCUT2D eigenvalue weighted by molar-refractivity contribution is 5.24. The Bertz CT molecular complexity index is 455. The molecular formula is C9H9FN6O. The molecule has 0 aliphatic carbocycles. The van der Waals surface area contributed by atoms with Gasteiger partial charge in [-0.25, -0.2) is 4.39 Å². The Morgan fingerprint density at radius 2 is 1.59 bits per heavy atom. The van der Waals surface area contributed by atoms with E-state index in [1.54, 1.807) is 0 Å². The van der Waals surface area contributed by atoms with Gasteiger partial charge in [0.25, 0.3) is 0 Å². The topological polar surface area (TPSA) is 118 Å². The van der Waals surface area contributed by atoms with Gasteiger partial charge in [-0.05, 0) is 28.8 Å². The second-order valence-electron chi connectivity index (χ2n) is 3.32. The van der Waals surface area contributed by atoms with Crippen LogP contribution in [0.4, 0.5) is 4.39 Å². The van der Waals surface area contributed by atoms with Gasteiger partial charge in [-0.15, -0.1) is 0 Å². The lowest BCUT2D eigenvalue weighted by Gasteiger charge is -2.24. The normalized spacial score (nSPS) is 13.1. The van der Waals surface area contributed by atoms with E-state index in [2.05, 4.69) is 20.1 Å². The number of aliphatic hydroxyl groups is 1. The fourth-order valence-electron chi connectivity index (χ4n) is 1.29. The van der Waals surface area contributed by atoms with Gasteiger partial charge >= 0.3 is 0 Å². The molecule has 0 aromatic heterocycles. The maximum absolute atomic E-state index is 12.7. The molecule has 0 amide bonds. The zero-order chi connectivity index (χ0) is 12.7. The molecular weight excluding hydrogens is 227 g/mol. The average molecular weight is 236 g/mol. The van der Waals surface area contributed by atoms with Crippen LogP contribution < -0.4 is 0 Å². The lowest BCUT2D eigenvalue weighted by molar-refractivity contribution is 0.0556. The van der Waals surface area contributed by atoms with E-state index < -0.39 is 11.4 Å². The van der Waals surface area contributed by atoms with E-state index in [4.69, 9.17) is 11.1 Å². The summed E-state index contributed by atoms with van der Waals surface area (Å²) in [6.07, 6.45) is 0. The van der Waals surface area contributed by atoms with Crippen LogP contribution >= 0.6 is 0 Å². The number of halogens is 1. The quantitative estimate of drug-likeness (QED) is 0.472. The van der Waals surface area contributed by atoms with Gasteiger partial charge in [0.1, 0.15) is 11.4 Å². The molecule has 0 unspecified atom stereocenters. The highest BCUT2D eigenvalue weighted by Gasteiger charge is 2.27. The molecule has 0 spiro atoms. The SMILES string of the molecule is [N-]=[N+]=NCC(O)(CN=[N+]=[N-])c1ccc(F)cc1. The molecule has 0 bridgehead atoms. The summed E-state index contributed by atoms with van der Waals surface area (Å²) >= 11 is 0. The van der Waals surface area contributed by atoms with Crippen molar-refractivity contribution in [3.8, 4) is 0 Å². The van der Waals surface area contributed by atoms with Gasteiger partial charge in [-0.2, -0.15) is 0 Å². The predicted octanol–water partition coefficient (Wildman–Crippen LogP) is 2.63. The maximum Gasteiger partial charge on any atom is 0.123 e. The van der Waals surface area contributed by atoms with Gasteiger partial charge < -0.3 is 5.11 Å². The summed E-state index contributed by atoms with van der Waals surface area (Å²) in [7, 11) is 0. The fraction of sp³-hybridized carbons (Fsp3) is 0.333. The van der Waals surface area contributed by atoms with Gasteiger partial charge in [0, 0.05) is 9.82 Å². The summed E-state index contributed by atoms with van der Waals surface area (Å²) in [5, 5.41) is 16.7. The number of hydrogen-bond acceptors (Lipinski definition) is 3. The molecule has 0 atom stereocenters. The van der Waals surface area contributed by atoms with Crippen LogP contribution in [0.1, 0.15) is 5.56 Å². The molecule has 0 saturated carbocycles. The Morgan fingerprint density at radius 3 is 2.00 bits per heavy atom. The molecule has 7 nitrogen and oxygen atoms in total. The van der Waals surface area contributed by atoms with Crippen molar-refractivity contribution < 1.29 is 9.50 Å². The Hall–Kier alpha value is -2.27. The molecule has 1 rings (SSSR count). The second-order valence-corrected chi connectivity index (χ2v) is 3.32. The van der Waals surface area contributed by atoms with Crippen LogP contribution in [-0.2, 0) is 5.60 Å². The number of benzene rings is 1. The van der Waals surface area contributed by atoms with Crippen molar-refractivity contribution in [2.75, 3.05) is 13.1 Å². The monoisotopic (exact) mass is 236 g/mol. The minimum absolute atomic E-state index is 0.297.